The number of hydrogen-bond donors (Lipinski definition) is 1. The van der Waals surface area contributed by atoms with E-state index in [4.69, 9.17) is 10.5 Å². The van der Waals surface area contributed by atoms with Crippen molar-refractivity contribution in [3.05, 3.63) is 11.3 Å². The fourth-order valence-corrected chi connectivity index (χ4v) is 3.45. The Morgan fingerprint density at radius 3 is 2.47 bits per heavy atom. The van der Waals surface area contributed by atoms with E-state index in [9.17, 15) is 10.5 Å². The van der Waals surface area contributed by atoms with Crippen LogP contribution >= 0.6 is 0 Å². The highest BCUT2D eigenvalue weighted by atomic mass is 16.5. The Balaban J connectivity index is 2.80. The molecule has 0 aromatic heterocycles. The first-order valence-electron chi connectivity index (χ1n) is 6.34. The Bertz CT molecular complexity index is 575. The van der Waals surface area contributed by atoms with E-state index in [0.717, 1.165) is 0 Å². The molecule has 3 aliphatic rings. The monoisotopic (exact) mass is 258 g/mol. The first-order chi connectivity index (χ1) is 8.79. The number of hydrogen-bond acceptors (Lipinski definition) is 5. The zero-order valence-electron chi connectivity index (χ0n) is 11.7. The van der Waals surface area contributed by atoms with Crippen molar-refractivity contribution >= 4 is 5.90 Å². The summed E-state index contributed by atoms with van der Waals surface area (Å²) in [7, 11) is 0. The molecule has 100 valence electrons. The minimum Gasteiger partial charge on any atom is -0.480 e. The van der Waals surface area contributed by atoms with Gasteiger partial charge in [-0.15, -0.1) is 0 Å². The van der Waals surface area contributed by atoms with Crippen LogP contribution in [-0.2, 0) is 4.74 Å². The lowest BCUT2D eigenvalue weighted by Crippen LogP contribution is -2.60. The maximum Gasteiger partial charge on any atom is 0.212 e. The third-order valence-electron chi connectivity index (χ3n) is 4.24. The van der Waals surface area contributed by atoms with Gasteiger partial charge in [0.05, 0.1) is 35.6 Å². The van der Waals surface area contributed by atoms with Crippen LogP contribution in [0.2, 0.25) is 0 Å². The van der Waals surface area contributed by atoms with Crippen molar-refractivity contribution in [1.82, 2.24) is 0 Å². The fraction of sp³-hybridized carbons (Fsp3) is 0.643. The summed E-state index contributed by atoms with van der Waals surface area (Å²) in [6.45, 7) is 8.09. The second-order valence-electron chi connectivity index (χ2n) is 5.95. The number of nitrogens with two attached hydrogens (primary N) is 1. The summed E-state index contributed by atoms with van der Waals surface area (Å²) >= 11 is 0. The Kier molecular flexibility index (Phi) is 2.64. The lowest BCUT2D eigenvalue weighted by Gasteiger charge is -2.54. The van der Waals surface area contributed by atoms with Crippen molar-refractivity contribution in [1.29, 1.82) is 10.5 Å². The first kappa shape index (κ1) is 13.4. The molecule has 0 spiro atoms. The minimum absolute atomic E-state index is 0.301. The van der Waals surface area contributed by atoms with Crippen LogP contribution in [0.5, 0.6) is 0 Å². The predicted octanol–water partition coefficient (Wildman–Crippen LogP) is 1.87. The highest BCUT2D eigenvalue weighted by Gasteiger charge is 2.65. The molecule has 0 radical (unpaired) electrons. The largest absolute Gasteiger partial charge is 0.480 e. The van der Waals surface area contributed by atoms with E-state index in [2.05, 4.69) is 17.1 Å². The summed E-state index contributed by atoms with van der Waals surface area (Å²) in [6, 6.07) is 4.40. The molecule has 0 saturated heterocycles. The molecule has 2 N–H and O–H groups in total. The van der Waals surface area contributed by atoms with Gasteiger partial charge in [-0.1, -0.05) is 13.8 Å². The van der Waals surface area contributed by atoms with Gasteiger partial charge in [0.15, 0.2) is 5.41 Å². The Morgan fingerprint density at radius 1 is 1.37 bits per heavy atom. The van der Waals surface area contributed by atoms with Gasteiger partial charge in [-0.2, -0.15) is 10.5 Å². The zero-order valence-corrected chi connectivity index (χ0v) is 11.7. The van der Waals surface area contributed by atoms with E-state index >= 15 is 0 Å². The van der Waals surface area contributed by atoms with E-state index in [1.54, 1.807) is 0 Å². The maximum atomic E-state index is 9.73. The molecule has 2 bridgehead atoms. The van der Waals surface area contributed by atoms with Crippen LogP contribution in [0.4, 0.5) is 0 Å². The summed E-state index contributed by atoms with van der Waals surface area (Å²) in [5, 5.41) is 19.1. The van der Waals surface area contributed by atoms with Crippen LogP contribution in [0, 0.1) is 33.5 Å². The number of dihydropyridines is 1. The fourth-order valence-electron chi connectivity index (χ4n) is 3.45. The topological polar surface area (TPSA) is 95.2 Å². The molecule has 0 saturated carbocycles. The predicted molar refractivity (Wildman–Crippen MR) is 70.7 cm³/mol. The van der Waals surface area contributed by atoms with E-state index in [1.165, 1.54) is 0 Å². The highest BCUT2D eigenvalue weighted by Crippen LogP contribution is 2.59. The molecular formula is C14H18N4O. The summed E-state index contributed by atoms with van der Waals surface area (Å²) in [5.41, 5.74) is 4.63. The quantitative estimate of drug-likeness (QED) is 0.776. The molecular weight excluding hydrogens is 240 g/mol. The average Bonchev–Trinajstić information content (AvgIpc) is 2.27. The summed E-state index contributed by atoms with van der Waals surface area (Å²) < 4.78 is 5.58. The molecule has 3 rings (SSSR count). The molecule has 2 aliphatic heterocycles. The summed E-state index contributed by atoms with van der Waals surface area (Å²) in [6.07, 6.45) is 0.605. The van der Waals surface area contributed by atoms with Gasteiger partial charge in [0.25, 0.3) is 0 Å². The van der Waals surface area contributed by atoms with Gasteiger partial charge in [-0.3, -0.25) is 0 Å². The molecule has 0 fully saturated rings. The number of aliphatic imine (C=N–C) groups is 1. The SMILES string of the molecule is CCOC1=N[C@]2(C)CC(C)(C)[C@@]1(C#N)C(N)=C2C#N. The van der Waals surface area contributed by atoms with Crippen LogP contribution in [0.25, 0.3) is 0 Å². The highest BCUT2D eigenvalue weighted by molar-refractivity contribution is 5.93. The molecule has 5 nitrogen and oxygen atoms in total. The van der Waals surface area contributed by atoms with Gasteiger partial charge in [0.1, 0.15) is 0 Å². The van der Waals surface area contributed by atoms with Crippen LogP contribution in [-0.4, -0.2) is 18.0 Å². The van der Waals surface area contributed by atoms with E-state index in [-0.39, 0.29) is 0 Å². The van der Waals surface area contributed by atoms with Crippen LogP contribution in [0.3, 0.4) is 0 Å². The Labute approximate surface area is 113 Å². The van der Waals surface area contributed by atoms with Crippen LogP contribution in [0.1, 0.15) is 34.1 Å². The van der Waals surface area contributed by atoms with Gasteiger partial charge in [0, 0.05) is 5.41 Å². The molecule has 2 atom stereocenters. The molecule has 0 aromatic rings. The number of nitriles is 2. The average molecular weight is 258 g/mol. The smallest absolute Gasteiger partial charge is 0.212 e. The van der Waals surface area contributed by atoms with Crippen molar-refractivity contribution in [2.45, 2.75) is 39.7 Å². The van der Waals surface area contributed by atoms with Gasteiger partial charge in [-0.05, 0) is 20.3 Å². The third kappa shape index (κ3) is 1.36. The van der Waals surface area contributed by atoms with Crippen molar-refractivity contribution in [3.8, 4) is 12.1 Å². The lowest BCUT2D eigenvalue weighted by atomic mass is 9.52. The molecule has 19 heavy (non-hydrogen) atoms. The van der Waals surface area contributed by atoms with Gasteiger partial charge >= 0.3 is 0 Å². The normalized spacial score (nSPS) is 35.4. The summed E-state index contributed by atoms with van der Waals surface area (Å²) in [4.78, 5) is 4.52. The maximum absolute atomic E-state index is 9.73. The van der Waals surface area contributed by atoms with Crippen molar-refractivity contribution < 1.29 is 4.74 Å². The second kappa shape index (κ2) is 3.74. The number of rotatable bonds is 1. The number of nitrogens with zero attached hydrogens (tertiary/aromatic N) is 3. The Morgan fingerprint density at radius 2 is 2.00 bits per heavy atom. The van der Waals surface area contributed by atoms with Gasteiger partial charge in [0.2, 0.25) is 5.90 Å². The van der Waals surface area contributed by atoms with Gasteiger partial charge < -0.3 is 10.5 Å². The molecule has 0 aromatic carbocycles. The van der Waals surface area contributed by atoms with Crippen molar-refractivity contribution in [2.24, 2.45) is 21.6 Å². The van der Waals surface area contributed by atoms with E-state index in [0.29, 0.717) is 30.2 Å². The van der Waals surface area contributed by atoms with Crippen molar-refractivity contribution in [3.63, 3.8) is 0 Å². The van der Waals surface area contributed by atoms with Crippen LogP contribution in [0.15, 0.2) is 16.3 Å². The molecule has 0 amide bonds. The van der Waals surface area contributed by atoms with Crippen molar-refractivity contribution in [2.75, 3.05) is 6.61 Å². The number of ether oxygens (including phenoxy) is 1. The molecule has 5 heteroatoms. The molecule has 1 aliphatic carbocycles. The van der Waals surface area contributed by atoms with Gasteiger partial charge in [-0.25, -0.2) is 4.99 Å². The molecule has 2 heterocycles. The zero-order chi connectivity index (χ0) is 14.5. The van der Waals surface area contributed by atoms with E-state index in [1.807, 2.05) is 27.7 Å². The second-order valence-corrected chi connectivity index (χ2v) is 5.95. The Hall–Kier alpha value is -2.01. The van der Waals surface area contributed by atoms with E-state index < -0.39 is 16.4 Å². The summed E-state index contributed by atoms with van der Waals surface area (Å²) in [5.74, 6) is 0.354. The number of fused-ring (bicyclic) bond motifs is 1. The molecule has 0 unspecified atom stereocenters. The van der Waals surface area contributed by atoms with Crippen LogP contribution < -0.4 is 5.73 Å². The lowest BCUT2D eigenvalue weighted by molar-refractivity contribution is 0.107. The standard InChI is InChI=1S/C14H18N4O/c1-5-19-11-14(8-16)10(17)9(6-15)13(4,18-11)7-12(14,2)3/h5,7,17H2,1-4H3/t13-,14+/m1/s1. The third-order valence-corrected chi connectivity index (χ3v) is 4.24. The minimum atomic E-state index is -1.13. The first-order valence-corrected chi connectivity index (χ1v) is 6.34.